The summed E-state index contributed by atoms with van der Waals surface area (Å²) >= 11 is 3.35. The van der Waals surface area contributed by atoms with Crippen LogP contribution in [0.25, 0.3) is 11.3 Å². The minimum atomic E-state index is 0.595. The lowest BCUT2D eigenvalue weighted by Crippen LogP contribution is -1.88. The molecule has 3 nitrogen and oxygen atoms in total. The van der Waals surface area contributed by atoms with E-state index in [1.165, 1.54) is 0 Å². The zero-order chi connectivity index (χ0) is 10.7. The molecule has 2 rings (SSSR count). The molecule has 2 aromatic heterocycles. The predicted molar refractivity (Wildman–Crippen MR) is 61.7 cm³/mol. The fourth-order valence-corrected chi connectivity index (χ4v) is 1.46. The highest BCUT2D eigenvalue weighted by atomic mass is 79.9. The lowest BCUT2D eigenvalue weighted by atomic mass is 10.2. The quantitative estimate of drug-likeness (QED) is 0.837. The van der Waals surface area contributed by atoms with E-state index >= 15 is 0 Å². The molecule has 15 heavy (non-hydrogen) atoms. The Morgan fingerprint density at radius 3 is 2.73 bits per heavy atom. The van der Waals surface area contributed by atoms with Crippen LogP contribution in [0, 0.1) is 0 Å². The second-order valence-corrected chi connectivity index (χ2v) is 3.86. The summed E-state index contributed by atoms with van der Waals surface area (Å²) in [6, 6.07) is 7.66. The van der Waals surface area contributed by atoms with Gasteiger partial charge in [-0.25, -0.2) is 4.98 Å². The van der Waals surface area contributed by atoms with Gasteiger partial charge in [-0.15, -0.1) is 0 Å². The third-order valence-electron chi connectivity index (χ3n) is 1.97. The summed E-state index contributed by atoms with van der Waals surface area (Å²) in [5.74, 6) is 0.595. The van der Waals surface area contributed by atoms with Crippen LogP contribution in [-0.4, -0.2) is 17.1 Å². The summed E-state index contributed by atoms with van der Waals surface area (Å²) in [6.07, 6.45) is 3.47. The number of hydrogen-bond donors (Lipinski definition) is 0. The van der Waals surface area contributed by atoms with Gasteiger partial charge in [0.15, 0.2) is 0 Å². The average molecular weight is 265 g/mol. The van der Waals surface area contributed by atoms with E-state index in [0.29, 0.717) is 5.88 Å². The summed E-state index contributed by atoms with van der Waals surface area (Å²) in [5.41, 5.74) is 1.90. The molecule has 0 N–H and O–H groups in total. The van der Waals surface area contributed by atoms with Crippen molar-refractivity contribution in [3.63, 3.8) is 0 Å². The molecule has 0 atom stereocenters. The molecule has 0 radical (unpaired) electrons. The van der Waals surface area contributed by atoms with Crippen molar-refractivity contribution < 1.29 is 4.74 Å². The fourth-order valence-electron chi connectivity index (χ4n) is 1.23. The third kappa shape index (κ3) is 2.33. The molecule has 4 heteroatoms. The summed E-state index contributed by atoms with van der Waals surface area (Å²) in [5, 5.41) is 0. The lowest BCUT2D eigenvalue weighted by Gasteiger charge is -2.02. The molecule has 0 saturated heterocycles. The van der Waals surface area contributed by atoms with Crippen molar-refractivity contribution in [1.82, 2.24) is 9.97 Å². The van der Waals surface area contributed by atoms with Gasteiger partial charge in [0.2, 0.25) is 5.88 Å². The van der Waals surface area contributed by atoms with Crippen molar-refractivity contribution in [3.05, 3.63) is 41.1 Å². The highest BCUT2D eigenvalue weighted by Gasteiger charge is 2.01. The van der Waals surface area contributed by atoms with Gasteiger partial charge in [-0.1, -0.05) is 0 Å². The van der Waals surface area contributed by atoms with E-state index in [-0.39, 0.29) is 0 Å². The van der Waals surface area contributed by atoms with E-state index in [1.807, 2.05) is 24.3 Å². The first kappa shape index (κ1) is 10.1. The number of halogens is 1. The summed E-state index contributed by atoms with van der Waals surface area (Å²) in [4.78, 5) is 8.34. The van der Waals surface area contributed by atoms with Crippen LogP contribution >= 0.6 is 15.9 Å². The Labute approximate surface area is 96.3 Å². The number of aromatic nitrogens is 2. The molecule has 0 spiro atoms. The highest BCUT2D eigenvalue weighted by Crippen LogP contribution is 2.21. The van der Waals surface area contributed by atoms with Gasteiger partial charge in [0.05, 0.1) is 12.8 Å². The maximum absolute atomic E-state index is 5.05. The fraction of sp³-hybridized carbons (Fsp3) is 0.0909. The van der Waals surface area contributed by atoms with E-state index in [2.05, 4.69) is 25.9 Å². The van der Waals surface area contributed by atoms with Crippen molar-refractivity contribution in [2.45, 2.75) is 0 Å². The smallest absolute Gasteiger partial charge is 0.213 e. The van der Waals surface area contributed by atoms with Crippen LogP contribution < -0.4 is 4.74 Å². The van der Waals surface area contributed by atoms with E-state index in [1.54, 1.807) is 19.5 Å². The molecule has 0 saturated carbocycles. The maximum Gasteiger partial charge on any atom is 0.213 e. The number of hydrogen-bond acceptors (Lipinski definition) is 3. The topological polar surface area (TPSA) is 35.0 Å². The van der Waals surface area contributed by atoms with Crippen LogP contribution in [0.15, 0.2) is 41.1 Å². The largest absolute Gasteiger partial charge is 0.481 e. The van der Waals surface area contributed by atoms with E-state index in [9.17, 15) is 0 Å². The van der Waals surface area contributed by atoms with Crippen LogP contribution in [0.5, 0.6) is 5.88 Å². The Bertz CT molecular complexity index is 456. The van der Waals surface area contributed by atoms with Crippen LogP contribution in [0.1, 0.15) is 0 Å². The van der Waals surface area contributed by atoms with Crippen molar-refractivity contribution in [2.75, 3.05) is 7.11 Å². The molecule has 0 aliphatic carbocycles. The first-order chi connectivity index (χ1) is 7.29. The number of rotatable bonds is 2. The second-order valence-electron chi connectivity index (χ2n) is 2.95. The van der Waals surface area contributed by atoms with Gasteiger partial charge in [0.1, 0.15) is 0 Å². The van der Waals surface area contributed by atoms with Crippen molar-refractivity contribution in [1.29, 1.82) is 0 Å². The second kappa shape index (κ2) is 4.40. The van der Waals surface area contributed by atoms with E-state index < -0.39 is 0 Å². The summed E-state index contributed by atoms with van der Waals surface area (Å²) in [7, 11) is 1.60. The Kier molecular flexibility index (Phi) is 2.97. The van der Waals surface area contributed by atoms with Gasteiger partial charge in [0, 0.05) is 28.5 Å². The molecule has 2 aromatic rings. The van der Waals surface area contributed by atoms with Gasteiger partial charge in [0.25, 0.3) is 0 Å². The van der Waals surface area contributed by atoms with Crippen molar-refractivity contribution >= 4 is 15.9 Å². The number of nitrogens with zero attached hydrogens (tertiary/aromatic N) is 2. The lowest BCUT2D eigenvalue weighted by molar-refractivity contribution is 0.398. The van der Waals surface area contributed by atoms with Crippen LogP contribution in [0.3, 0.4) is 0 Å². The molecule has 76 valence electrons. The van der Waals surface area contributed by atoms with Crippen molar-refractivity contribution in [2.24, 2.45) is 0 Å². The van der Waals surface area contributed by atoms with Gasteiger partial charge in [-0.3, -0.25) is 4.98 Å². The van der Waals surface area contributed by atoms with Crippen molar-refractivity contribution in [3.8, 4) is 17.1 Å². The number of pyridine rings is 2. The summed E-state index contributed by atoms with van der Waals surface area (Å²) in [6.45, 7) is 0. The molecule has 0 aromatic carbocycles. The Balaban J connectivity index is 2.40. The Morgan fingerprint density at radius 1 is 1.20 bits per heavy atom. The standard InChI is InChI=1S/C11H9BrN2O/c1-15-11-6-8(4-5-13-11)10-3-2-9(12)7-14-10/h2-7H,1H3. The molecular weight excluding hydrogens is 256 g/mol. The SMILES string of the molecule is COc1cc(-c2ccc(Br)cn2)ccn1. The average Bonchev–Trinajstić information content (AvgIpc) is 2.30. The third-order valence-corrected chi connectivity index (χ3v) is 2.44. The van der Waals surface area contributed by atoms with E-state index in [0.717, 1.165) is 15.7 Å². The minimum absolute atomic E-state index is 0.595. The Hall–Kier alpha value is -1.42. The normalized spacial score (nSPS) is 10.0. The molecule has 0 bridgehead atoms. The van der Waals surface area contributed by atoms with Crippen LogP contribution in [0.2, 0.25) is 0 Å². The minimum Gasteiger partial charge on any atom is -0.481 e. The summed E-state index contributed by atoms with van der Waals surface area (Å²) < 4.78 is 6.02. The number of ether oxygens (including phenoxy) is 1. The zero-order valence-corrected chi connectivity index (χ0v) is 9.73. The monoisotopic (exact) mass is 264 g/mol. The maximum atomic E-state index is 5.05. The molecule has 2 heterocycles. The zero-order valence-electron chi connectivity index (χ0n) is 8.14. The van der Waals surface area contributed by atoms with Gasteiger partial charge in [-0.05, 0) is 34.1 Å². The molecule has 0 aliphatic rings. The highest BCUT2D eigenvalue weighted by molar-refractivity contribution is 9.10. The van der Waals surface area contributed by atoms with Gasteiger partial charge >= 0.3 is 0 Å². The molecule has 0 aliphatic heterocycles. The van der Waals surface area contributed by atoms with E-state index in [4.69, 9.17) is 4.74 Å². The molecule has 0 amide bonds. The first-order valence-electron chi connectivity index (χ1n) is 4.41. The first-order valence-corrected chi connectivity index (χ1v) is 5.21. The van der Waals surface area contributed by atoms with Gasteiger partial charge < -0.3 is 4.74 Å². The van der Waals surface area contributed by atoms with Gasteiger partial charge in [-0.2, -0.15) is 0 Å². The molecule has 0 unspecified atom stereocenters. The van der Waals surface area contributed by atoms with Crippen LogP contribution in [-0.2, 0) is 0 Å². The molecular formula is C11H9BrN2O. The number of methoxy groups -OCH3 is 1. The van der Waals surface area contributed by atoms with Crippen LogP contribution in [0.4, 0.5) is 0 Å². The molecule has 0 fully saturated rings. The predicted octanol–water partition coefficient (Wildman–Crippen LogP) is 2.91. The Morgan fingerprint density at radius 2 is 2.07 bits per heavy atom.